The Labute approximate surface area is 125 Å². The molecular weight excluding hydrogens is 268 g/mol. The molecule has 1 saturated heterocycles. The lowest BCUT2D eigenvalue weighted by Crippen LogP contribution is -2.38. The molecule has 1 aliphatic rings. The van der Waals surface area contributed by atoms with Gasteiger partial charge in [0.15, 0.2) is 0 Å². The number of carbonyl (C=O) groups excluding carboxylic acids is 2. The van der Waals surface area contributed by atoms with Gasteiger partial charge in [0.1, 0.15) is 5.75 Å². The quantitative estimate of drug-likeness (QED) is 0.851. The predicted molar refractivity (Wildman–Crippen MR) is 81.4 cm³/mol. The summed E-state index contributed by atoms with van der Waals surface area (Å²) in [6.45, 7) is 4.38. The number of anilines is 1. The van der Waals surface area contributed by atoms with E-state index in [0.29, 0.717) is 6.54 Å². The van der Waals surface area contributed by atoms with Crippen molar-refractivity contribution < 1.29 is 14.3 Å². The second-order valence-corrected chi connectivity index (χ2v) is 5.65. The Bertz CT molecular complexity index is 525. The molecule has 5 heteroatoms. The van der Waals surface area contributed by atoms with Gasteiger partial charge in [-0.2, -0.15) is 0 Å². The zero-order valence-electron chi connectivity index (χ0n) is 13.0. The Balaban J connectivity index is 2.10. The van der Waals surface area contributed by atoms with E-state index in [9.17, 15) is 9.59 Å². The van der Waals surface area contributed by atoms with Gasteiger partial charge in [0.2, 0.25) is 11.8 Å². The van der Waals surface area contributed by atoms with E-state index in [4.69, 9.17) is 4.74 Å². The van der Waals surface area contributed by atoms with Crippen LogP contribution in [-0.4, -0.2) is 43.5 Å². The van der Waals surface area contributed by atoms with Crippen molar-refractivity contribution >= 4 is 17.5 Å². The molecule has 0 aromatic heterocycles. The molecule has 2 rings (SSSR count). The number of hydrogen-bond acceptors (Lipinski definition) is 3. The van der Waals surface area contributed by atoms with Crippen LogP contribution in [0.2, 0.25) is 0 Å². The van der Waals surface area contributed by atoms with Crippen LogP contribution in [0.1, 0.15) is 20.3 Å². The lowest BCUT2D eigenvalue weighted by Gasteiger charge is -2.24. The second-order valence-electron chi connectivity index (χ2n) is 5.65. The van der Waals surface area contributed by atoms with E-state index in [1.165, 1.54) is 0 Å². The van der Waals surface area contributed by atoms with Crippen molar-refractivity contribution in [1.29, 1.82) is 0 Å². The number of ether oxygens (including phenoxy) is 1. The first-order chi connectivity index (χ1) is 9.93. The van der Waals surface area contributed by atoms with Crippen molar-refractivity contribution in [2.75, 3.05) is 25.6 Å². The fourth-order valence-electron chi connectivity index (χ4n) is 2.43. The summed E-state index contributed by atoms with van der Waals surface area (Å²) in [4.78, 5) is 27.9. The van der Waals surface area contributed by atoms with Crippen LogP contribution in [0, 0.1) is 5.92 Å². The summed E-state index contributed by atoms with van der Waals surface area (Å²) in [5, 5.41) is 0. The van der Waals surface area contributed by atoms with Crippen LogP contribution >= 0.6 is 0 Å². The minimum atomic E-state index is -0.257. The standard InChI is InChI=1S/C16H22N2O3/c1-11(2)17(3)16(20)12-9-15(19)18(10-12)13-5-7-14(21-4)8-6-13/h5-8,11-12H,9-10H2,1-4H3. The molecule has 0 radical (unpaired) electrons. The maximum atomic E-state index is 12.3. The zero-order chi connectivity index (χ0) is 15.6. The molecule has 2 amide bonds. The number of carbonyl (C=O) groups is 2. The molecule has 21 heavy (non-hydrogen) atoms. The third-order valence-electron chi connectivity index (χ3n) is 3.98. The SMILES string of the molecule is COc1ccc(N2CC(C(=O)N(C)C(C)C)CC2=O)cc1. The normalized spacial score (nSPS) is 18.2. The van der Waals surface area contributed by atoms with Crippen molar-refractivity contribution in [3.63, 3.8) is 0 Å². The van der Waals surface area contributed by atoms with Gasteiger partial charge in [-0.25, -0.2) is 0 Å². The van der Waals surface area contributed by atoms with Crippen LogP contribution in [0.3, 0.4) is 0 Å². The molecule has 1 fully saturated rings. The fraction of sp³-hybridized carbons (Fsp3) is 0.500. The van der Waals surface area contributed by atoms with Gasteiger partial charge in [0.05, 0.1) is 13.0 Å². The monoisotopic (exact) mass is 290 g/mol. The Morgan fingerprint density at radius 1 is 1.33 bits per heavy atom. The average Bonchev–Trinajstić information content (AvgIpc) is 2.87. The second kappa shape index (κ2) is 6.16. The molecule has 0 N–H and O–H groups in total. The molecule has 5 nitrogen and oxygen atoms in total. The molecule has 0 saturated carbocycles. The van der Waals surface area contributed by atoms with Gasteiger partial charge in [0.25, 0.3) is 0 Å². The first-order valence-electron chi connectivity index (χ1n) is 7.15. The molecule has 0 bridgehead atoms. The molecule has 1 unspecified atom stereocenters. The molecule has 1 atom stereocenters. The molecular formula is C16H22N2O3. The number of methoxy groups -OCH3 is 1. The molecule has 114 valence electrons. The zero-order valence-corrected chi connectivity index (χ0v) is 13.0. The van der Waals surface area contributed by atoms with Crippen molar-refractivity contribution in [2.45, 2.75) is 26.3 Å². The van der Waals surface area contributed by atoms with E-state index in [0.717, 1.165) is 11.4 Å². The van der Waals surface area contributed by atoms with Crippen LogP contribution < -0.4 is 9.64 Å². The Morgan fingerprint density at radius 3 is 2.48 bits per heavy atom. The van der Waals surface area contributed by atoms with Crippen molar-refractivity contribution in [1.82, 2.24) is 4.90 Å². The smallest absolute Gasteiger partial charge is 0.227 e. The third kappa shape index (κ3) is 3.17. The van der Waals surface area contributed by atoms with Gasteiger partial charge in [-0.05, 0) is 38.1 Å². The molecule has 1 aliphatic heterocycles. The summed E-state index contributed by atoms with van der Waals surface area (Å²) in [6.07, 6.45) is 0.280. The molecule has 1 heterocycles. The van der Waals surface area contributed by atoms with E-state index in [2.05, 4.69) is 0 Å². The van der Waals surface area contributed by atoms with E-state index < -0.39 is 0 Å². The first kappa shape index (κ1) is 15.4. The van der Waals surface area contributed by atoms with Crippen LogP contribution in [0.15, 0.2) is 24.3 Å². The minimum Gasteiger partial charge on any atom is -0.497 e. The maximum absolute atomic E-state index is 12.3. The van der Waals surface area contributed by atoms with E-state index >= 15 is 0 Å². The Morgan fingerprint density at radius 2 is 1.95 bits per heavy atom. The van der Waals surface area contributed by atoms with Crippen LogP contribution in [0.25, 0.3) is 0 Å². The Hall–Kier alpha value is -2.04. The van der Waals surface area contributed by atoms with Gasteiger partial charge in [-0.3, -0.25) is 9.59 Å². The van der Waals surface area contributed by atoms with E-state index in [1.54, 1.807) is 24.0 Å². The summed E-state index contributed by atoms with van der Waals surface area (Å²) in [6, 6.07) is 7.46. The molecule has 1 aromatic rings. The number of benzene rings is 1. The maximum Gasteiger partial charge on any atom is 0.227 e. The molecule has 0 aliphatic carbocycles. The predicted octanol–water partition coefficient (Wildman–Crippen LogP) is 1.91. The average molecular weight is 290 g/mol. The summed E-state index contributed by atoms with van der Waals surface area (Å²) in [5.74, 6) is 0.523. The topological polar surface area (TPSA) is 49.9 Å². The van der Waals surface area contributed by atoms with E-state index in [1.807, 2.05) is 38.1 Å². The van der Waals surface area contributed by atoms with Crippen molar-refractivity contribution in [2.24, 2.45) is 5.92 Å². The fourth-order valence-corrected chi connectivity index (χ4v) is 2.43. The van der Waals surface area contributed by atoms with Crippen LogP contribution in [0.5, 0.6) is 5.75 Å². The number of nitrogens with zero attached hydrogens (tertiary/aromatic N) is 2. The summed E-state index contributed by atoms with van der Waals surface area (Å²) in [7, 11) is 3.39. The van der Waals surface area contributed by atoms with Crippen molar-refractivity contribution in [3.05, 3.63) is 24.3 Å². The van der Waals surface area contributed by atoms with Gasteiger partial charge in [-0.15, -0.1) is 0 Å². The van der Waals surface area contributed by atoms with Crippen LogP contribution in [0.4, 0.5) is 5.69 Å². The Kier molecular flexibility index (Phi) is 4.50. The molecule has 0 spiro atoms. The summed E-state index contributed by atoms with van der Waals surface area (Å²) < 4.78 is 5.11. The molecule has 1 aromatic carbocycles. The number of hydrogen-bond donors (Lipinski definition) is 0. The van der Waals surface area contributed by atoms with Crippen molar-refractivity contribution in [3.8, 4) is 5.75 Å². The van der Waals surface area contributed by atoms with E-state index in [-0.39, 0.29) is 30.2 Å². The van der Waals surface area contributed by atoms with Crippen LogP contribution in [-0.2, 0) is 9.59 Å². The van der Waals surface area contributed by atoms with Gasteiger partial charge < -0.3 is 14.5 Å². The number of rotatable bonds is 4. The number of amides is 2. The first-order valence-corrected chi connectivity index (χ1v) is 7.15. The third-order valence-corrected chi connectivity index (χ3v) is 3.98. The largest absolute Gasteiger partial charge is 0.497 e. The summed E-state index contributed by atoms with van der Waals surface area (Å²) >= 11 is 0. The highest BCUT2D eigenvalue weighted by Gasteiger charge is 2.36. The highest BCUT2D eigenvalue weighted by molar-refractivity contribution is 6.00. The van der Waals surface area contributed by atoms with Gasteiger partial charge in [-0.1, -0.05) is 0 Å². The minimum absolute atomic E-state index is 0.00401. The highest BCUT2D eigenvalue weighted by atomic mass is 16.5. The highest BCUT2D eigenvalue weighted by Crippen LogP contribution is 2.27. The lowest BCUT2D eigenvalue weighted by molar-refractivity contribution is -0.135. The van der Waals surface area contributed by atoms with Gasteiger partial charge >= 0.3 is 0 Å². The van der Waals surface area contributed by atoms with Gasteiger partial charge in [0, 0.05) is 31.7 Å². The lowest BCUT2D eigenvalue weighted by atomic mass is 10.1. The summed E-state index contributed by atoms with van der Waals surface area (Å²) in [5.41, 5.74) is 0.809.